The lowest BCUT2D eigenvalue weighted by molar-refractivity contribution is 0.280. The van der Waals surface area contributed by atoms with E-state index in [1.54, 1.807) is 11.3 Å². The molecule has 1 unspecified atom stereocenters. The largest absolute Gasteiger partial charge is 0.396 e. The Labute approximate surface area is 194 Å². The number of nitrogens with one attached hydrogen (secondary N) is 2. The van der Waals surface area contributed by atoms with Gasteiger partial charge in [-0.2, -0.15) is 4.98 Å². The number of aliphatic hydroxyl groups is 1. The number of rotatable bonds is 11. The number of hydrogen-bond acceptors (Lipinski definition) is 8. The molecule has 1 aliphatic rings. The summed E-state index contributed by atoms with van der Waals surface area (Å²) < 4.78 is 1.16. The maximum Gasteiger partial charge on any atom is 0.224 e. The van der Waals surface area contributed by atoms with Crippen LogP contribution in [0.2, 0.25) is 0 Å². The van der Waals surface area contributed by atoms with Gasteiger partial charge in [-0.3, -0.25) is 4.98 Å². The van der Waals surface area contributed by atoms with Crippen molar-refractivity contribution in [2.75, 3.05) is 23.8 Å². The van der Waals surface area contributed by atoms with Gasteiger partial charge in [0.15, 0.2) is 0 Å². The third kappa shape index (κ3) is 5.18. The Hall–Kier alpha value is -2.32. The van der Waals surface area contributed by atoms with Crippen molar-refractivity contribution in [1.29, 1.82) is 0 Å². The molecule has 0 amide bonds. The van der Waals surface area contributed by atoms with Gasteiger partial charge < -0.3 is 15.7 Å². The molecule has 3 heterocycles. The first kappa shape index (κ1) is 22.9. The maximum absolute atomic E-state index is 9.30. The molecular weight excluding hydrogens is 420 g/mol. The molecule has 8 heteroatoms. The fourth-order valence-corrected chi connectivity index (χ4v) is 4.92. The Morgan fingerprint density at radius 3 is 2.72 bits per heavy atom. The lowest BCUT2D eigenvalue weighted by atomic mass is 10.1. The predicted molar refractivity (Wildman–Crippen MR) is 133 cm³/mol. The highest BCUT2D eigenvalue weighted by Gasteiger charge is 2.29. The van der Waals surface area contributed by atoms with E-state index in [0.717, 1.165) is 63.8 Å². The van der Waals surface area contributed by atoms with Gasteiger partial charge in [0.1, 0.15) is 16.3 Å². The number of aliphatic hydroxyl groups excluding tert-OH is 1. The van der Waals surface area contributed by atoms with Crippen LogP contribution in [-0.2, 0) is 0 Å². The molecule has 4 rings (SSSR count). The summed E-state index contributed by atoms with van der Waals surface area (Å²) in [5.41, 5.74) is 4.02. The molecule has 0 spiro atoms. The average Bonchev–Trinajstić information content (AvgIpc) is 3.52. The van der Waals surface area contributed by atoms with Crippen LogP contribution in [0.25, 0.3) is 20.8 Å². The summed E-state index contributed by atoms with van der Waals surface area (Å²) in [4.78, 5) is 19.3. The summed E-state index contributed by atoms with van der Waals surface area (Å²) in [6, 6.07) is 2.28. The second-order valence-corrected chi connectivity index (χ2v) is 10.1. The molecule has 172 valence electrons. The molecule has 3 aromatic rings. The second kappa shape index (κ2) is 10.1. The SMILES string of the molecule is CCC(CCCO)Nc1nc(NCC(C)C)nc(C)c1-c1nc2c(C3CC3)nccc2s1. The quantitative estimate of drug-likeness (QED) is 0.359. The van der Waals surface area contributed by atoms with Gasteiger partial charge in [0.05, 0.1) is 21.7 Å². The Morgan fingerprint density at radius 1 is 1.22 bits per heavy atom. The van der Waals surface area contributed by atoms with E-state index in [9.17, 15) is 5.11 Å². The van der Waals surface area contributed by atoms with Crippen LogP contribution < -0.4 is 10.6 Å². The van der Waals surface area contributed by atoms with Crippen LogP contribution >= 0.6 is 11.3 Å². The van der Waals surface area contributed by atoms with Crippen molar-refractivity contribution in [3.8, 4) is 10.6 Å². The number of pyridine rings is 1. The van der Waals surface area contributed by atoms with E-state index in [4.69, 9.17) is 15.0 Å². The minimum atomic E-state index is 0.198. The van der Waals surface area contributed by atoms with Crippen molar-refractivity contribution in [2.45, 2.75) is 71.8 Å². The number of fused-ring (bicyclic) bond motifs is 1. The normalized spacial score (nSPS) is 14.8. The molecule has 0 bridgehead atoms. The highest BCUT2D eigenvalue weighted by molar-refractivity contribution is 7.21. The monoisotopic (exact) mass is 454 g/mol. The van der Waals surface area contributed by atoms with Gasteiger partial charge in [-0.05, 0) is 51.0 Å². The van der Waals surface area contributed by atoms with Crippen LogP contribution in [0.1, 0.15) is 70.2 Å². The molecule has 0 aromatic carbocycles. The lowest BCUT2D eigenvalue weighted by Gasteiger charge is -2.20. The highest BCUT2D eigenvalue weighted by Crippen LogP contribution is 2.44. The van der Waals surface area contributed by atoms with Gasteiger partial charge in [0.25, 0.3) is 0 Å². The van der Waals surface area contributed by atoms with Crippen LogP contribution in [0.5, 0.6) is 0 Å². The van der Waals surface area contributed by atoms with E-state index in [0.29, 0.717) is 17.8 Å². The third-order valence-electron chi connectivity index (χ3n) is 5.82. The standard InChI is InChI=1S/C24H34N6OS/c1-5-17(7-6-12-31)28-22-19(15(4)27-24(30-22)26-13-14(2)3)23-29-21-18(32-23)10-11-25-20(21)16-8-9-16/h10-11,14,16-17,31H,5-9,12-13H2,1-4H3,(H2,26,27,28,30). The third-order valence-corrected chi connectivity index (χ3v) is 6.85. The van der Waals surface area contributed by atoms with E-state index in [1.165, 1.54) is 12.8 Å². The fourth-order valence-electron chi connectivity index (χ4n) is 3.85. The molecular formula is C24H34N6OS. The number of aryl methyl sites for hydroxylation is 1. The Bertz CT molecular complexity index is 1060. The topological polar surface area (TPSA) is 95.8 Å². The zero-order valence-electron chi connectivity index (χ0n) is 19.5. The molecule has 32 heavy (non-hydrogen) atoms. The number of thiazole rings is 1. The van der Waals surface area contributed by atoms with Gasteiger partial charge in [-0.1, -0.05) is 20.8 Å². The molecule has 1 fully saturated rings. The van der Waals surface area contributed by atoms with Gasteiger partial charge in [0.2, 0.25) is 5.95 Å². The zero-order chi connectivity index (χ0) is 22.7. The highest BCUT2D eigenvalue weighted by atomic mass is 32.1. The molecule has 1 aliphatic carbocycles. The lowest BCUT2D eigenvalue weighted by Crippen LogP contribution is -2.21. The molecule has 3 N–H and O–H groups in total. The van der Waals surface area contributed by atoms with Crippen LogP contribution in [0.3, 0.4) is 0 Å². The van der Waals surface area contributed by atoms with Crippen molar-refractivity contribution < 1.29 is 5.11 Å². The fraction of sp³-hybridized carbons (Fsp3) is 0.583. The van der Waals surface area contributed by atoms with Gasteiger partial charge in [-0.15, -0.1) is 11.3 Å². The second-order valence-electron chi connectivity index (χ2n) is 9.08. The number of hydrogen-bond donors (Lipinski definition) is 3. The molecule has 3 aromatic heterocycles. The van der Waals surface area contributed by atoms with E-state index in [2.05, 4.69) is 42.5 Å². The van der Waals surface area contributed by atoms with Gasteiger partial charge in [0, 0.05) is 31.3 Å². The molecule has 0 radical (unpaired) electrons. The number of anilines is 2. The summed E-state index contributed by atoms with van der Waals surface area (Å²) in [7, 11) is 0. The van der Waals surface area contributed by atoms with E-state index >= 15 is 0 Å². The van der Waals surface area contributed by atoms with Crippen molar-refractivity contribution >= 4 is 33.3 Å². The Morgan fingerprint density at radius 2 is 2.03 bits per heavy atom. The van der Waals surface area contributed by atoms with E-state index < -0.39 is 0 Å². The smallest absolute Gasteiger partial charge is 0.224 e. The van der Waals surface area contributed by atoms with Crippen LogP contribution in [0.15, 0.2) is 12.3 Å². The van der Waals surface area contributed by atoms with E-state index in [1.807, 2.05) is 13.1 Å². The Balaban J connectivity index is 1.75. The first-order chi connectivity index (χ1) is 15.5. The maximum atomic E-state index is 9.30. The number of aromatic nitrogens is 4. The zero-order valence-corrected chi connectivity index (χ0v) is 20.3. The van der Waals surface area contributed by atoms with E-state index in [-0.39, 0.29) is 12.6 Å². The summed E-state index contributed by atoms with van der Waals surface area (Å²) >= 11 is 1.68. The van der Waals surface area contributed by atoms with Crippen LogP contribution in [-0.4, -0.2) is 44.2 Å². The van der Waals surface area contributed by atoms with Crippen LogP contribution in [0, 0.1) is 12.8 Å². The summed E-state index contributed by atoms with van der Waals surface area (Å²) in [5.74, 6) is 2.50. The molecule has 1 saturated carbocycles. The summed E-state index contributed by atoms with van der Waals surface area (Å²) in [6.45, 7) is 9.54. The number of nitrogens with zero attached hydrogens (tertiary/aromatic N) is 4. The van der Waals surface area contributed by atoms with Crippen LogP contribution in [0.4, 0.5) is 11.8 Å². The molecule has 7 nitrogen and oxygen atoms in total. The Kier molecular flexibility index (Phi) is 7.20. The molecule has 0 aliphatic heterocycles. The minimum Gasteiger partial charge on any atom is -0.396 e. The molecule has 1 atom stereocenters. The minimum absolute atomic E-state index is 0.198. The van der Waals surface area contributed by atoms with Crippen molar-refractivity contribution in [2.24, 2.45) is 5.92 Å². The first-order valence-corrected chi connectivity index (χ1v) is 12.6. The van der Waals surface area contributed by atoms with Gasteiger partial charge in [-0.25, -0.2) is 9.97 Å². The summed E-state index contributed by atoms with van der Waals surface area (Å²) in [6.07, 6.45) is 6.91. The van der Waals surface area contributed by atoms with Gasteiger partial charge >= 0.3 is 0 Å². The first-order valence-electron chi connectivity index (χ1n) is 11.8. The molecule has 0 saturated heterocycles. The predicted octanol–water partition coefficient (Wildman–Crippen LogP) is 5.37. The average molecular weight is 455 g/mol. The summed E-state index contributed by atoms with van der Waals surface area (Å²) in [5, 5.41) is 17.2. The van der Waals surface area contributed by atoms with Crippen molar-refractivity contribution in [3.63, 3.8) is 0 Å². The van der Waals surface area contributed by atoms with Crippen molar-refractivity contribution in [3.05, 3.63) is 23.7 Å². The van der Waals surface area contributed by atoms with Crippen molar-refractivity contribution in [1.82, 2.24) is 19.9 Å².